The van der Waals surface area contributed by atoms with E-state index < -0.39 is 0 Å². The summed E-state index contributed by atoms with van der Waals surface area (Å²) in [5.74, 6) is 0.834. The van der Waals surface area contributed by atoms with Crippen LogP contribution in [-0.4, -0.2) is 41.0 Å². The number of aromatic nitrogens is 2. The van der Waals surface area contributed by atoms with Gasteiger partial charge >= 0.3 is 0 Å². The molecule has 0 amide bonds. The molecule has 0 bridgehead atoms. The number of nitrogens with zero attached hydrogens (tertiary/aromatic N) is 3. The van der Waals surface area contributed by atoms with Gasteiger partial charge in [-0.2, -0.15) is 4.37 Å². The third-order valence-electron chi connectivity index (χ3n) is 1.97. The van der Waals surface area contributed by atoms with Crippen molar-refractivity contribution in [2.24, 2.45) is 0 Å². The Morgan fingerprint density at radius 1 is 1.69 bits per heavy atom. The minimum atomic E-state index is 0.0681. The second-order valence-electron chi connectivity index (χ2n) is 3.03. The van der Waals surface area contributed by atoms with E-state index in [1.807, 2.05) is 0 Å². The minimum Gasteiger partial charge on any atom is -0.367 e. The normalized spacial score (nSPS) is 24.9. The predicted molar refractivity (Wildman–Crippen MR) is 58.8 cm³/mol. The van der Waals surface area contributed by atoms with Gasteiger partial charge in [0, 0.05) is 13.1 Å². The summed E-state index contributed by atoms with van der Waals surface area (Å²) in [7, 11) is 2.09. The second-order valence-corrected chi connectivity index (χ2v) is 5.53. The maximum absolute atomic E-state index is 5.58. The van der Waals surface area contributed by atoms with Gasteiger partial charge in [-0.05, 0) is 41.2 Å². The van der Waals surface area contributed by atoms with Crippen LogP contribution in [0.1, 0.15) is 11.9 Å². The van der Waals surface area contributed by atoms with Gasteiger partial charge in [-0.1, -0.05) is 0 Å². The Labute approximate surface area is 94.6 Å². The molecule has 1 fully saturated rings. The molecule has 1 saturated heterocycles. The van der Waals surface area contributed by atoms with Crippen molar-refractivity contribution in [3.8, 4) is 0 Å². The van der Waals surface area contributed by atoms with Crippen molar-refractivity contribution in [3.05, 3.63) is 8.84 Å². The highest BCUT2D eigenvalue weighted by Crippen LogP contribution is 2.20. The quantitative estimate of drug-likeness (QED) is 0.729. The molecule has 2 rings (SSSR count). The van der Waals surface area contributed by atoms with Gasteiger partial charge in [-0.25, -0.2) is 4.98 Å². The van der Waals surface area contributed by atoms with Crippen molar-refractivity contribution in [2.45, 2.75) is 6.10 Å². The summed E-state index contributed by atoms with van der Waals surface area (Å²) in [6.45, 7) is 2.67. The third kappa shape index (κ3) is 2.36. The van der Waals surface area contributed by atoms with Crippen molar-refractivity contribution in [3.63, 3.8) is 0 Å². The summed E-state index contributed by atoms with van der Waals surface area (Å²) in [4.78, 5) is 6.55. The lowest BCUT2D eigenvalue weighted by Crippen LogP contribution is -2.35. The van der Waals surface area contributed by atoms with Gasteiger partial charge in [-0.3, -0.25) is 0 Å². The van der Waals surface area contributed by atoms with Gasteiger partial charge in [-0.15, -0.1) is 0 Å². The number of morpholine rings is 1. The summed E-state index contributed by atoms with van der Waals surface area (Å²) in [5.41, 5.74) is 0. The molecule has 0 saturated carbocycles. The smallest absolute Gasteiger partial charge is 0.174 e. The van der Waals surface area contributed by atoms with Crippen LogP contribution in [0.15, 0.2) is 0 Å². The van der Waals surface area contributed by atoms with Gasteiger partial charge < -0.3 is 9.64 Å². The van der Waals surface area contributed by atoms with E-state index >= 15 is 0 Å². The molecule has 1 atom stereocenters. The van der Waals surface area contributed by atoms with Crippen molar-refractivity contribution in [1.82, 2.24) is 14.3 Å². The highest BCUT2D eigenvalue weighted by Gasteiger charge is 2.22. The van der Waals surface area contributed by atoms with Crippen LogP contribution in [0.5, 0.6) is 0 Å². The largest absolute Gasteiger partial charge is 0.367 e. The molecule has 1 aromatic heterocycles. The van der Waals surface area contributed by atoms with Crippen LogP contribution in [0.25, 0.3) is 0 Å². The first-order valence-corrected chi connectivity index (χ1v) is 5.90. The van der Waals surface area contributed by atoms with Gasteiger partial charge in [0.2, 0.25) is 0 Å². The Morgan fingerprint density at radius 3 is 3.15 bits per heavy atom. The summed E-state index contributed by atoms with van der Waals surface area (Å²) in [5, 5.41) is 0. The molecule has 72 valence electrons. The van der Waals surface area contributed by atoms with Crippen molar-refractivity contribution in [2.75, 3.05) is 26.7 Å². The minimum absolute atomic E-state index is 0.0681. The van der Waals surface area contributed by atoms with Crippen LogP contribution in [0.4, 0.5) is 0 Å². The summed E-state index contributed by atoms with van der Waals surface area (Å²) >= 11 is 3.60. The molecule has 2 heterocycles. The maximum atomic E-state index is 5.58. The average Bonchev–Trinajstić information content (AvgIpc) is 2.52. The fourth-order valence-corrected chi connectivity index (χ4v) is 2.28. The Balaban J connectivity index is 2.08. The van der Waals surface area contributed by atoms with E-state index in [9.17, 15) is 0 Å². The molecular weight excluding hydrogens is 301 g/mol. The van der Waals surface area contributed by atoms with Crippen molar-refractivity contribution >= 4 is 34.1 Å². The molecule has 0 aliphatic carbocycles. The topological polar surface area (TPSA) is 38.2 Å². The van der Waals surface area contributed by atoms with E-state index in [1.54, 1.807) is 0 Å². The molecule has 1 aliphatic rings. The van der Waals surface area contributed by atoms with E-state index in [4.69, 9.17) is 4.74 Å². The molecule has 0 aromatic carbocycles. The zero-order chi connectivity index (χ0) is 9.26. The molecule has 4 nitrogen and oxygen atoms in total. The first-order chi connectivity index (χ1) is 6.25. The average molecular weight is 311 g/mol. The number of ether oxygens (including phenoxy) is 1. The molecule has 6 heteroatoms. The van der Waals surface area contributed by atoms with Crippen molar-refractivity contribution < 1.29 is 4.74 Å². The number of rotatable bonds is 1. The van der Waals surface area contributed by atoms with Gasteiger partial charge in [0.15, 0.2) is 8.84 Å². The summed E-state index contributed by atoms with van der Waals surface area (Å²) in [6, 6.07) is 0. The lowest BCUT2D eigenvalue weighted by atomic mass is 10.3. The summed E-state index contributed by atoms with van der Waals surface area (Å²) < 4.78 is 10.8. The lowest BCUT2D eigenvalue weighted by molar-refractivity contribution is -0.0249. The van der Waals surface area contributed by atoms with Gasteiger partial charge in [0.05, 0.1) is 6.61 Å². The van der Waals surface area contributed by atoms with Crippen LogP contribution in [0, 0.1) is 3.01 Å². The van der Waals surface area contributed by atoms with Crippen LogP contribution >= 0.6 is 34.1 Å². The zero-order valence-electron chi connectivity index (χ0n) is 7.23. The standard InChI is InChI=1S/C7H10IN3OS/c1-11-2-3-12-5(4-11)6-9-7(8)13-10-6/h5H,2-4H2,1H3. The van der Waals surface area contributed by atoms with Crippen LogP contribution < -0.4 is 0 Å². The number of hydrogen-bond donors (Lipinski definition) is 0. The second kappa shape index (κ2) is 4.16. The fourth-order valence-electron chi connectivity index (χ4n) is 1.28. The Hall–Kier alpha value is 0.210. The first-order valence-electron chi connectivity index (χ1n) is 4.05. The Kier molecular flexibility index (Phi) is 3.12. The molecule has 13 heavy (non-hydrogen) atoms. The molecule has 1 unspecified atom stereocenters. The monoisotopic (exact) mass is 311 g/mol. The number of hydrogen-bond acceptors (Lipinski definition) is 5. The fraction of sp³-hybridized carbons (Fsp3) is 0.714. The molecule has 0 radical (unpaired) electrons. The highest BCUT2D eigenvalue weighted by molar-refractivity contribution is 14.1. The maximum Gasteiger partial charge on any atom is 0.174 e. The van der Waals surface area contributed by atoms with Crippen LogP contribution in [0.2, 0.25) is 0 Å². The highest BCUT2D eigenvalue weighted by atomic mass is 127. The van der Waals surface area contributed by atoms with E-state index in [1.165, 1.54) is 11.5 Å². The van der Waals surface area contributed by atoms with E-state index in [0.29, 0.717) is 0 Å². The predicted octanol–water partition coefficient (Wildman–Crippen LogP) is 1.15. The van der Waals surface area contributed by atoms with E-state index in [2.05, 4.69) is 43.9 Å². The molecule has 1 aromatic rings. The first kappa shape index (κ1) is 9.75. The molecule has 0 spiro atoms. The van der Waals surface area contributed by atoms with Gasteiger partial charge in [0.1, 0.15) is 6.10 Å². The molecule has 0 N–H and O–H groups in total. The molecule has 1 aliphatic heterocycles. The Bertz CT molecular complexity index is 293. The van der Waals surface area contributed by atoms with E-state index in [0.717, 1.165) is 28.5 Å². The Morgan fingerprint density at radius 2 is 2.54 bits per heavy atom. The number of likely N-dealkylation sites (N-methyl/N-ethyl adjacent to an activating group) is 1. The van der Waals surface area contributed by atoms with E-state index in [-0.39, 0.29) is 6.10 Å². The SMILES string of the molecule is CN1CCOC(c2nsc(I)n2)C1. The zero-order valence-corrected chi connectivity index (χ0v) is 10.2. The lowest BCUT2D eigenvalue weighted by Gasteiger charge is -2.28. The van der Waals surface area contributed by atoms with Crippen LogP contribution in [-0.2, 0) is 4.74 Å². The summed E-state index contributed by atoms with van der Waals surface area (Å²) in [6.07, 6.45) is 0.0681. The van der Waals surface area contributed by atoms with Crippen molar-refractivity contribution in [1.29, 1.82) is 0 Å². The molecular formula is C7H10IN3OS. The van der Waals surface area contributed by atoms with Crippen LogP contribution in [0.3, 0.4) is 0 Å². The number of halogens is 1. The van der Waals surface area contributed by atoms with Gasteiger partial charge in [0.25, 0.3) is 0 Å². The third-order valence-corrected chi connectivity index (χ3v) is 3.33.